The normalized spacial score (nSPS) is 15.1. The van der Waals surface area contributed by atoms with E-state index >= 15 is 0 Å². The number of aromatic nitrogens is 4. The first-order valence-corrected chi connectivity index (χ1v) is 10.7. The summed E-state index contributed by atoms with van der Waals surface area (Å²) in [5.74, 6) is 1.25. The van der Waals surface area contributed by atoms with Crippen LogP contribution < -0.4 is 15.2 Å². The smallest absolute Gasteiger partial charge is 0.277 e. The van der Waals surface area contributed by atoms with Crippen molar-refractivity contribution in [3.63, 3.8) is 0 Å². The van der Waals surface area contributed by atoms with Gasteiger partial charge in [0.15, 0.2) is 5.52 Å². The van der Waals surface area contributed by atoms with E-state index < -0.39 is 0 Å². The van der Waals surface area contributed by atoms with Gasteiger partial charge < -0.3 is 19.5 Å². The highest BCUT2D eigenvalue weighted by atomic mass is 16.5. The zero-order valence-corrected chi connectivity index (χ0v) is 18.2. The number of piperazine rings is 1. The maximum Gasteiger partial charge on any atom is 0.277 e. The molecule has 8 nitrogen and oxygen atoms in total. The molecule has 0 atom stereocenters. The van der Waals surface area contributed by atoms with Crippen molar-refractivity contribution in [3.8, 4) is 17.1 Å². The van der Waals surface area contributed by atoms with Crippen LogP contribution in [0.3, 0.4) is 0 Å². The van der Waals surface area contributed by atoms with Crippen molar-refractivity contribution in [3.05, 3.63) is 34.2 Å². The molecule has 2 aromatic heterocycles. The van der Waals surface area contributed by atoms with Gasteiger partial charge in [-0.1, -0.05) is 13.3 Å². The third-order valence-electron chi connectivity index (χ3n) is 5.64. The lowest BCUT2D eigenvalue weighted by Gasteiger charge is -2.34. The summed E-state index contributed by atoms with van der Waals surface area (Å²) in [5, 5.41) is 4.51. The number of nitrogens with one attached hydrogen (secondary N) is 1. The predicted octanol–water partition coefficient (Wildman–Crippen LogP) is 2.43. The van der Waals surface area contributed by atoms with E-state index in [0.717, 1.165) is 61.7 Å². The Balaban J connectivity index is 1.78. The maximum absolute atomic E-state index is 12.8. The summed E-state index contributed by atoms with van der Waals surface area (Å²) in [6, 6.07) is 6.15. The minimum Gasteiger partial charge on any atom is -0.493 e. The minimum atomic E-state index is -0.182. The summed E-state index contributed by atoms with van der Waals surface area (Å²) in [7, 11) is 3.93. The Labute approximate surface area is 176 Å². The van der Waals surface area contributed by atoms with Gasteiger partial charge in [0.25, 0.3) is 5.56 Å². The van der Waals surface area contributed by atoms with Gasteiger partial charge >= 0.3 is 0 Å². The van der Waals surface area contributed by atoms with Crippen molar-refractivity contribution in [2.75, 3.05) is 44.7 Å². The molecule has 8 heteroatoms. The number of aromatic amines is 1. The third-order valence-corrected chi connectivity index (χ3v) is 5.64. The lowest BCUT2D eigenvalue weighted by atomic mass is 10.1. The van der Waals surface area contributed by atoms with E-state index in [1.54, 1.807) is 11.7 Å². The first-order valence-electron chi connectivity index (χ1n) is 10.7. The number of anilines is 1. The molecule has 0 saturated carbocycles. The average Bonchev–Trinajstić information content (AvgIpc) is 3.05. The summed E-state index contributed by atoms with van der Waals surface area (Å²) in [6.45, 7) is 8.65. The Morgan fingerprint density at radius 3 is 2.60 bits per heavy atom. The second-order valence-corrected chi connectivity index (χ2v) is 7.84. The molecule has 1 fully saturated rings. The van der Waals surface area contributed by atoms with Crippen LogP contribution in [0.4, 0.5) is 5.69 Å². The second kappa shape index (κ2) is 8.47. The number of benzene rings is 1. The van der Waals surface area contributed by atoms with E-state index in [2.05, 4.69) is 46.0 Å². The summed E-state index contributed by atoms with van der Waals surface area (Å²) in [5.41, 5.74) is 3.78. The molecule has 1 saturated heterocycles. The number of hydrogen-bond acceptors (Lipinski definition) is 6. The quantitative estimate of drug-likeness (QED) is 0.672. The van der Waals surface area contributed by atoms with Crippen molar-refractivity contribution in [2.45, 2.75) is 26.7 Å². The van der Waals surface area contributed by atoms with Crippen LogP contribution in [0.2, 0.25) is 0 Å². The number of nitrogens with zero attached hydrogens (tertiary/aromatic N) is 5. The molecule has 1 N–H and O–H groups in total. The molecular formula is C22H30N6O2. The van der Waals surface area contributed by atoms with Crippen molar-refractivity contribution in [2.24, 2.45) is 7.05 Å². The van der Waals surface area contributed by atoms with E-state index in [9.17, 15) is 4.79 Å². The Morgan fingerprint density at radius 1 is 1.13 bits per heavy atom. The minimum absolute atomic E-state index is 0.182. The summed E-state index contributed by atoms with van der Waals surface area (Å²) in [6.07, 6.45) is 1.73. The van der Waals surface area contributed by atoms with Gasteiger partial charge in [-0.3, -0.25) is 9.48 Å². The van der Waals surface area contributed by atoms with E-state index in [0.29, 0.717) is 23.5 Å². The molecule has 0 unspecified atom stereocenters. The molecule has 0 spiro atoms. The molecule has 160 valence electrons. The molecular weight excluding hydrogens is 380 g/mol. The highest BCUT2D eigenvalue weighted by Gasteiger charge is 2.19. The summed E-state index contributed by atoms with van der Waals surface area (Å²) >= 11 is 0. The molecule has 0 amide bonds. The van der Waals surface area contributed by atoms with E-state index in [-0.39, 0.29) is 5.56 Å². The first-order chi connectivity index (χ1) is 14.5. The standard InChI is InChI=1S/C22H30N6O2/c1-5-7-17-19-20(27(4)25-17)22(29)24-21(23-19)16-9-8-15(14-18(16)30-6-2)28-12-10-26(3)11-13-28/h8-9,14H,5-7,10-13H2,1-4H3,(H,23,24,29). The molecule has 0 aliphatic carbocycles. The van der Waals surface area contributed by atoms with Gasteiger partial charge in [-0.25, -0.2) is 4.98 Å². The summed E-state index contributed by atoms with van der Waals surface area (Å²) in [4.78, 5) is 25.3. The highest BCUT2D eigenvalue weighted by Crippen LogP contribution is 2.33. The molecule has 1 aliphatic rings. The Hall–Kier alpha value is -2.87. The lowest BCUT2D eigenvalue weighted by Crippen LogP contribution is -2.44. The topological polar surface area (TPSA) is 79.3 Å². The van der Waals surface area contributed by atoms with Gasteiger partial charge in [0, 0.05) is 45.0 Å². The second-order valence-electron chi connectivity index (χ2n) is 7.84. The van der Waals surface area contributed by atoms with Crippen molar-refractivity contribution in [1.29, 1.82) is 0 Å². The van der Waals surface area contributed by atoms with Gasteiger partial charge in [-0.05, 0) is 32.5 Å². The fraction of sp³-hybridized carbons (Fsp3) is 0.500. The number of aryl methyl sites for hydroxylation is 2. The van der Waals surface area contributed by atoms with Crippen molar-refractivity contribution >= 4 is 16.7 Å². The van der Waals surface area contributed by atoms with Gasteiger partial charge in [0.05, 0.1) is 17.9 Å². The molecule has 1 aliphatic heterocycles. The van der Waals surface area contributed by atoms with Crippen LogP contribution in [0, 0.1) is 0 Å². The van der Waals surface area contributed by atoms with Gasteiger partial charge in [0.1, 0.15) is 17.1 Å². The highest BCUT2D eigenvalue weighted by molar-refractivity contribution is 5.80. The molecule has 0 radical (unpaired) electrons. The van der Waals surface area contributed by atoms with Crippen LogP contribution in [0.25, 0.3) is 22.4 Å². The number of hydrogen-bond donors (Lipinski definition) is 1. The van der Waals surface area contributed by atoms with Crippen LogP contribution in [0.1, 0.15) is 26.0 Å². The van der Waals surface area contributed by atoms with E-state index in [4.69, 9.17) is 9.72 Å². The molecule has 4 rings (SSSR count). The average molecular weight is 411 g/mol. The Kier molecular flexibility index (Phi) is 5.76. The zero-order valence-electron chi connectivity index (χ0n) is 18.2. The Bertz CT molecular complexity index is 1090. The van der Waals surface area contributed by atoms with Gasteiger partial charge in [-0.15, -0.1) is 0 Å². The fourth-order valence-corrected chi connectivity index (χ4v) is 4.02. The Morgan fingerprint density at radius 2 is 1.90 bits per heavy atom. The van der Waals surface area contributed by atoms with Crippen molar-refractivity contribution < 1.29 is 4.74 Å². The third kappa shape index (κ3) is 3.79. The SMILES string of the molecule is CCCc1nn(C)c2c(=O)[nH]c(-c3ccc(N4CCN(C)CC4)cc3OCC)nc12. The number of fused-ring (bicyclic) bond motifs is 1. The van der Waals surface area contributed by atoms with Crippen LogP contribution >= 0.6 is 0 Å². The monoisotopic (exact) mass is 410 g/mol. The number of rotatable bonds is 6. The number of H-pyrrole nitrogens is 1. The maximum atomic E-state index is 12.8. The van der Waals surface area contributed by atoms with Crippen LogP contribution in [-0.2, 0) is 13.5 Å². The van der Waals surface area contributed by atoms with E-state index in [1.165, 1.54) is 0 Å². The van der Waals surface area contributed by atoms with Crippen molar-refractivity contribution in [1.82, 2.24) is 24.6 Å². The van der Waals surface area contributed by atoms with E-state index in [1.807, 2.05) is 13.0 Å². The van der Waals surface area contributed by atoms with Gasteiger partial charge in [0.2, 0.25) is 0 Å². The predicted molar refractivity (Wildman–Crippen MR) is 119 cm³/mol. The number of ether oxygens (including phenoxy) is 1. The molecule has 1 aromatic carbocycles. The number of likely N-dealkylation sites (N-methyl/N-ethyl adjacent to an activating group) is 1. The largest absolute Gasteiger partial charge is 0.493 e. The molecule has 3 heterocycles. The lowest BCUT2D eigenvalue weighted by molar-refractivity contribution is 0.312. The van der Waals surface area contributed by atoms with Gasteiger partial charge in [-0.2, -0.15) is 5.10 Å². The molecule has 3 aromatic rings. The molecule has 0 bridgehead atoms. The zero-order chi connectivity index (χ0) is 21.3. The van der Waals surface area contributed by atoms with Crippen LogP contribution in [0.15, 0.2) is 23.0 Å². The summed E-state index contributed by atoms with van der Waals surface area (Å²) < 4.78 is 7.58. The molecule has 30 heavy (non-hydrogen) atoms. The first kappa shape index (κ1) is 20.4. The van der Waals surface area contributed by atoms with Crippen LogP contribution in [0.5, 0.6) is 5.75 Å². The fourth-order valence-electron chi connectivity index (χ4n) is 4.02. The van der Waals surface area contributed by atoms with Crippen LogP contribution in [-0.4, -0.2) is 64.5 Å².